The van der Waals surface area contributed by atoms with Gasteiger partial charge in [-0.25, -0.2) is 17.9 Å². The number of benzene rings is 1. The maximum absolute atomic E-state index is 12.7. The number of methoxy groups -OCH3 is 1. The van der Waals surface area contributed by atoms with E-state index in [0.717, 1.165) is 35.3 Å². The zero-order chi connectivity index (χ0) is 22.9. The smallest absolute Gasteiger partial charge is 0.340 e. The van der Waals surface area contributed by atoms with Crippen LogP contribution in [0.15, 0.2) is 34.7 Å². The molecule has 4 rings (SSSR count). The van der Waals surface area contributed by atoms with Crippen molar-refractivity contribution in [2.45, 2.75) is 49.9 Å². The third-order valence-electron chi connectivity index (χ3n) is 6.15. The quantitative estimate of drug-likeness (QED) is 0.485. The minimum absolute atomic E-state index is 0.0736. The Bertz CT molecular complexity index is 1230. The molecule has 0 bridgehead atoms. The Morgan fingerprint density at radius 3 is 2.88 bits per heavy atom. The van der Waals surface area contributed by atoms with Crippen LogP contribution in [0.1, 0.15) is 46.6 Å². The summed E-state index contributed by atoms with van der Waals surface area (Å²) in [5.74, 6) is -0.584. The van der Waals surface area contributed by atoms with Crippen LogP contribution in [0.2, 0.25) is 0 Å². The zero-order valence-electron chi connectivity index (χ0n) is 18.6. The Balaban J connectivity index is 1.52. The van der Waals surface area contributed by atoms with E-state index in [1.54, 1.807) is 6.92 Å². The summed E-state index contributed by atoms with van der Waals surface area (Å²) in [6, 6.07) is 8.65. The van der Waals surface area contributed by atoms with E-state index in [4.69, 9.17) is 4.74 Å². The van der Waals surface area contributed by atoms with Crippen molar-refractivity contribution >= 4 is 38.2 Å². The monoisotopic (exact) mass is 475 g/mol. The van der Waals surface area contributed by atoms with Gasteiger partial charge in [-0.2, -0.15) is 0 Å². The van der Waals surface area contributed by atoms with Crippen LogP contribution < -0.4 is 4.72 Å². The van der Waals surface area contributed by atoms with Crippen LogP contribution in [0.3, 0.4) is 0 Å². The number of fused-ring (bicyclic) bond motifs is 2. The number of hydrogen-bond donors (Lipinski definition) is 2. The standard InChI is InChI=1S/C23H29N3O4S2/c1-4-25-32(28,29)23-21(22(27)30-3)18-11-12-26(14-20(18)31-23)15(2)9-10-16-13-24-19-8-6-5-7-17(16)19/h5-8,13,15,24-25H,4,9-12,14H2,1-3H3. The van der Waals surface area contributed by atoms with Crippen LogP contribution in [-0.4, -0.2) is 50.5 Å². The van der Waals surface area contributed by atoms with Gasteiger partial charge in [0.05, 0.1) is 12.7 Å². The summed E-state index contributed by atoms with van der Waals surface area (Å²) in [7, 11) is -2.45. The van der Waals surface area contributed by atoms with Gasteiger partial charge in [-0.3, -0.25) is 4.90 Å². The number of hydrogen-bond acceptors (Lipinski definition) is 6. The number of carbonyl (C=O) groups excluding carboxylic acids is 1. The van der Waals surface area contributed by atoms with E-state index in [1.807, 2.05) is 6.07 Å². The summed E-state index contributed by atoms with van der Waals surface area (Å²) >= 11 is 1.19. The molecule has 0 saturated carbocycles. The van der Waals surface area contributed by atoms with Crippen molar-refractivity contribution < 1.29 is 17.9 Å². The number of H-pyrrole nitrogens is 1. The van der Waals surface area contributed by atoms with E-state index >= 15 is 0 Å². The number of aromatic amines is 1. The first-order valence-electron chi connectivity index (χ1n) is 10.9. The lowest BCUT2D eigenvalue weighted by Gasteiger charge is -2.32. The molecular formula is C23H29N3O4S2. The van der Waals surface area contributed by atoms with Gasteiger partial charge < -0.3 is 9.72 Å². The zero-order valence-corrected chi connectivity index (χ0v) is 20.2. The number of carbonyl (C=O) groups is 1. The molecule has 2 aromatic heterocycles. The molecule has 3 aromatic rings. The molecule has 1 aliphatic rings. The Labute approximate surface area is 192 Å². The van der Waals surface area contributed by atoms with Gasteiger partial charge in [-0.05, 0) is 43.4 Å². The number of rotatable bonds is 8. The maximum atomic E-state index is 12.7. The van der Waals surface area contributed by atoms with Crippen molar-refractivity contribution in [2.75, 3.05) is 20.2 Å². The number of nitrogens with zero attached hydrogens (tertiary/aromatic N) is 1. The van der Waals surface area contributed by atoms with Crippen LogP contribution in [0, 0.1) is 0 Å². The summed E-state index contributed by atoms with van der Waals surface area (Å²) in [5.41, 5.74) is 3.49. The first kappa shape index (κ1) is 23.0. The molecule has 0 aliphatic carbocycles. The number of aromatic nitrogens is 1. The molecule has 0 spiro atoms. The van der Waals surface area contributed by atoms with Crippen molar-refractivity contribution in [3.8, 4) is 0 Å². The fourth-order valence-corrected chi connectivity index (χ4v) is 7.41. The van der Waals surface area contributed by atoms with Crippen LogP contribution in [0.25, 0.3) is 10.9 Å². The Morgan fingerprint density at radius 2 is 2.12 bits per heavy atom. The average Bonchev–Trinajstić information content (AvgIpc) is 3.38. The van der Waals surface area contributed by atoms with Crippen molar-refractivity contribution in [3.63, 3.8) is 0 Å². The average molecular weight is 476 g/mol. The SMILES string of the molecule is CCNS(=O)(=O)c1sc2c(c1C(=O)OC)CCN(C(C)CCc1c[nH]c3ccccc13)C2. The molecule has 1 aliphatic heterocycles. The molecule has 0 saturated heterocycles. The second-order valence-corrected chi connectivity index (χ2v) is 11.2. The summed E-state index contributed by atoms with van der Waals surface area (Å²) in [6.07, 6.45) is 4.68. The lowest BCUT2D eigenvalue weighted by Crippen LogP contribution is -2.37. The Kier molecular flexibility index (Phi) is 6.71. The number of thiophene rings is 1. The van der Waals surface area contributed by atoms with Gasteiger partial charge in [0.15, 0.2) is 0 Å². The maximum Gasteiger partial charge on any atom is 0.340 e. The molecule has 1 unspecified atom stereocenters. The number of aryl methyl sites for hydroxylation is 1. The molecule has 1 atom stereocenters. The Hall–Kier alpha value is -2.20. The number of ether oxygens (including phenoxy) is 1. The predicted molar refractivity (Wildman–Crippen MR) is 127 cm³/mol. The van der Waals surface area contributed by atoms with Gasteiger partial charge in [0.25, 0.3) is 10.0 Å². The van der Waals surface area contributed by atoms with Crippen molar-refractivity contribution in [2.24, 2.45) is 0 Å². The van der Waals surface area contributed by atoms with E-state index in [0.29, 0.717) is 19.0 Å². The summed E-state index contributed by atoms with van der Waals surface area (Å²) in [4.78, 5) is 19.1. The minimum atomic E-state index is -3.74. The van der Waals surface area contributed by atoms with E-state index in [1.165, 1.54) is 29.4 Å². The lowest BCUT2D eigenvalue weighted by molar-refractivity contribution is 0.0595. The molecule has 32 heavy (non-hydrogen) atoms. The fourth-order valence-electron chi connectivity index (χ4n) is 4.41. The first-order valence-corrected chi connectivity index (χ1v) is 13.2. The number of nitrogens with one attached hydrogen (secondary N) is 2. The normalized spacial score (nSPS) is 15.6. The Morgan fingerprint density at radius 1 is 1.34 bits per heavy atom. The van der Waals surface area contributed by atoms with Crippen LogP contribution in [0.4, 0.5) is 0 Å². The molecule has 172 valence electrons. The topological polar surface area (TPSA) is 91.5 Å². The van der Waals surface area contributed by atoms with Gasteiger partial charge in [-0.15, -0.1) is 11.3 Å². The number of esters is 1. The van der Waals surface area contributed by atoms with Gasteiger partial charge in [0.2, 0.25) is 0 Å². The predicted octanol–water partition coefficient (Wildman–Crippen LogP) is 3.69. The first-order chi connectivity index (χ1) is 15.4. The van der Waals surface area contributed by atoms with Crippen LogP contribution in [-0.2, 0) is 34.1 Å². The summed E-state index contributed by atoms with van der Waals surface area (Å²) < 4.78 is 33.0. The van der Waals surface area contributed by atoms with Crippen molar-refractivity contribution in [1.82, 2.24) is 14.6 Å². The number of sulfonamides is 1. The highest BCUT2D eigenvalue weighted by molar-refractivity contribution is 7.91. The minimum Gasteiger partial charge on any atom is -0.465 e. The summed E-state index contributed by atoms with van der Waals surface area (Å²) in [5, 5.41) is 1.26. The van der Waals surface area contributed by atoms with Crippen molar-refractivity contribution in [1.29, 1.82) is 0 Å². The molecule has 3 heterocycles. The second kappa shape index (κ2) is 9.35. The lowest BCUT2D eigenvalue weighted by atomic mass is 9.99. The van der Waals surface area contributed by atoms with Gasteiger partial charge in [-0.1, -0.05) is 25.1 Å². The van der Waals surface area contributed by atoms with E-state index in [9.17, 15) is 13.2 Å². The molecule has 2 N–H and O–H groups in total. The van der Waals surface area contributed by atoms with Crippen molar-refractivity contribution in [3.05, 3.63) is 52.0 Å². The van der Waals surface area contributed by atoms with Crippen LogP contribution >= 0.6 is 11.3 Å². The van der Waals surface area contributed by atoms with E-state index in [2.05, 4.69) is 45.9 Å². The van der Waals surface area contributed by atoms with E-state index < -0.39 is 16.0 Å². The molecule has 0 fully saturated rings. The fraction of sp³-hybridized carbons (Fsp3) is 0.435. The molecule has 9 heteroatoms. The molecule has 0 radical (unpaired) electrons. The molecular weight excluding hydrogens is 446 g/mol. The molecule has 1 aromatic carbocycles. The third kappa shape index (κ3) is 4.34. The highest BCUT2D eigenvalue weighted by Crippen LogP contribution is 2.37. The largest absolute Gasteiger partial charge is 0.465 e. The molecule has 7 nitrogen and oxygen atoms in total. The highest BCUT2D eigenvalue weighted by atomic mass is 32.2. The number of para-hydroxylation sites is 1. The highest BCUT2D eigenvalue weighted by Gasteiger charge is 2.34. The van der Waals surface area contributed by atoms with E-state index in [-0.39, 0.29) is 16.3 Å². The summed E-state index contributed by atoms with van der Waals surface area (Å²) in [6.45, 7) is 5.62. The second-order valence-electron chi connectivity index (χ2n) is 8.13. The van der Waals surface area contributed by atoms with Gasteiger partial charge in [0, 0.05) is 47.7 Å². The van der Waals surface area contributed by atoms with Gasteiger partial charge in [0.1, 0.15) is 4.21 Å². The third-order valence-corrected chi connectivity index (χ3v) is 9.43. The van der Waals surface area contributed by atoms with Crippen LogP contribution in [0.5, 0.6) is 0 Å². The van der Waals surface area contributed by atoms with Gasteiger partial charge >= 0.3 is 5.97 Å². The molecule has 0 amide bonds.